The summed E-state index contributed by atoms with van der Waals surface area (Å²) in [6.45, 7) is 9.68. The number of methoxy groups -OCH3 is 1. The summed E-state index contributed by atoms with van der Waals surface area (Å²) >= 11 is 0. The van der Waals surface area contributed by atoms with Gasteiger partial charge in [-0.05, 0) is 25.5 Å². The van der Waals surface area contributed by atoms with Crippen LogP contribution < -0.4 is 5.32 Å². The van der Waals surface area contributed by atoms with Crippen LogP contribution in [0.2, 0.25) is 0 Å². The van der Waals surface area contributed by atoms with Crippen LogP contribution in [0.25, 0.3) is 0 Å². The van der Waals surface area contributed by atoms with E-state index in [-0.39, 0.29) is 0 Å². The van der Waals surface area contributed by atoms with Gasteiger partial charge in [0.05, 0.1) is 6.61 Å². The third-order valence-electron chi connectivity index (χ3n) is 3.71. The topological polar surface area (TPSA) is 24.5 Å². The van der Waals surface area contributed by atoms with Crippen molar-refractivity contribution in [2.45, 2.75) is 32.9 Å². The van der Waals surface area contributed by atoms with E-state index in [0.29, 0.717) is 18.0 Å². The van der Waals surface area contributed by atoms with E-state index < -0.39 is 0 Å². The predicted molar refractivity (Wildman–Crippen MR) is 86.0 cm³/mol. The molecule has 3 nitrogen and oxygen atoms in total. The number of hydrogen-bond donors (Lipinski definition) is 1. The molecule has 114 valence electrons. The van der Waals surface area contributed by atoms with Crippen molar-refractivity contribution < 1.29 is 4.74 Å². The molecule has 1 rings (SSSR count). The summed E-state index contributed by atoms with van der Waals surface area (Å²) in [6.07, 6.45) is 0. The van der Waals surface area contributed by atoms with E-state index in [4.69, 9.17) is 4.74 Å². The number of hydrogen-bond acceptors (Lipinski definition) is 3. The van der Waals surface area contributed by atoms with E-state index in [2.05, 4.69) is 61.3 Å². The average Bonchev–Trinajstić information content (AvgIpc) is 2.45. The van der Waals surface area contributed by atoms with Gasteiger partial charge >= 0.3 is 0 Å². The van der Waals surface area contributed by atoms with Crippen LogP contribution in [0.15, 0.2) is 30.3 Å². The van der Waals surface area contributed by atoms with Crippen molar-refractivity contribution in [3.8, 4) is 0 Å². The van der Waals surface area contributed by atoms with E-state index in [1.807, 2.05) is 7.05 Å². The van der Waals surface area contributed by atoms with Gasteiger partial charge in [0.2, 0.25) is 0 Å². The SMILES string of the molecule is CNC(c1ccccc1)C(C)N(CCOC)CC(C)C. The summed E-state index contributed by atoms with van der Waals surface area (Å²) in [5.41, 5.74) is 1.34. The molecule has 0 spiro atoms. The Morgan fingerprint density at radius 3 is 2.30 bits per heavy atom. The van der Waals surface area contributed by atoms with E-state index in [1.54, 1.807) is 7.11 Å². The summed E-state index contributed by atoms with van der Waals surface area (Å²) in [7, 11) is 3.81. The van der Waals surface area contributed by atoms with Gasteiger partial charge in [-0.1, -0.05) is 44.2 Å². The van der Waals surface area contributed by atoms with Crippen LogP contribution in [-0.2, 0) is 4.74 Å². The second kappa shape index (κ2) is 9.11. The minimum Gasteiger partial charge on any atom is -0.383 e. The van der Waals surface area contributed by atoms with Crippen LogP contribution in [0.5, 0.6) is 0 Å². The van der Waals surface area contributed by atoms with Gasteiger partial charge in [-0.3, -0.25) is 4.90 Å². The molecule has 20 heavy (non-hydrogen) atoms. The van der Waals surface area contributed by atoms with Crippen LogP contribution in [0.3, 0.4) is 0 Å². The molecule has 1 aromatic carbocycles. The van der Waals surface area contributed by atoms with Gasteiger partial charge in [0, 0.05) is 32.3 Å². The lowest BCUT2D eigenvalue weighted by Gasteiger charge is -2.36. The minimum absolute atomic E-state index is 0.340. The molecule has 3 heteroatoms. The van der Waals surface area contributed by atoms with Gasteiger partial charge in [-0.2, -0.15) is 0 Å². The highest BCUT2D eigenvalue weighted by atomic mass is 16.5. The summed E-state index contributed by atoms with van der Waals surface area (Å²) in [6, 6.07) is 11.4. The highest BCUT2D eigenvalue weighted by molar-refractivity contribution is 5.20. The maximum Gasteiger partial charge on any atom is 0.0589 e. The largest absolute Gasteiger partial charge is 0.383 e. The number of nitrogens with one attached hydrogen (secondary N) is 1. The molecule has 0 saturated heterocycles. The number of likely N-dealkylation sites (N-methyl/N-ethyl adjacent to an activating group) is 1. The highest BCUT2D eigenvalue weighted by Crippen LogP contribution is 2.21. The van der Waals surface area contributed by atoms with Gasteiger partial charge in [0.15, 0.2) is 0 Å². The molecule has 0 amide bonds. The third-order valence-corrected chi connectivity index (χ3v) is 3.71. The maximum absolute atomic E-state index is 5.26. The fourth-order valence-electron chi connectivity index (χ4n) is 2.70. The van der Waals surface area contributed by atoms with Crippen molar-refractivity contribution in [1.82, 2.24) is 10.2 Å². The smallest absolute Gasteiger partial charge is 0.0589 e. The first-order valence-electron chi connectivity index (χ1n) is 7.55. The molecule has 2 unspecified atom stereocenters. The number of benzene rings is 1. The summed E-state index contributed by atoms with van der Waals surface area (Å²) in [5, 5.41) is 3.47. The Morgan fingerprint density at radius 2 is 1.80 bits per heavy atom. The van der Waals surface area contributed by atoms with Gasteiger partial charge < -0.3 is 10.1 Å². The van der Waals surface area contributed by atoms with Crippen molar-refractivity contribution in [2.24, 2.45) is 5.92 Å². The Hall–Kier alpha value is -0.900. The lowest BCUT2D eigenvalue weighted by atomic mass is 9.98. The van der Waals surface area contributed by atoms with Crippen molar-refractivity contribution in [3.05, 3.63) is 35.9 Å². The molecular formula is C17H30N2O. The van der Waals surface area contributed by atoms with Crippen LogP contribution in [0.4, 0.5) is 0 Å². The fraction of sp³-hybridized carbons (Fsp3) is 0.647. The minimum atomic E-state index is 0.340. The lowest BCUT2D eigenvalue weighted by molar-refractivity contribution is 0.100. The second-order valence-corrected chi connectivity index (χ2v) is 5.80. The maximum atomic E-state index is 5.26. The Bertz CT molecular complexity index is 353. The fourth-order valence-corrected chi connectivity index (χ4v) is 2.70. The molecule has 2 atom stereocenters. The van der Waals surface area contributed by atoms with Crippen molar-refractivity contribution in [3.63, 3.8) is 0 Å². The molecule has 0 aliphatic rings. The van der Waals surface area contributed by atoms with Gasteiger partial charge in [-0.15, -0.1) is 0 Å². The summed E-state index contributed by atoms with van der Waals surface area (Å²) in [5.74, 6) is 0.655. The number of rotatable bonds is 9. The summed E-state index contributed by atoms with van der Waals surface area (Å²) in [4.78, 5) is 2.52. The molecule has 1 aromatic rings. The average molecular weight is 278 g/mol. The van der Waals surface area contributed by atoms with Crippen molar-refractivity contribution in [2.75, 3.05) is 33.9 Å². The molecule has 0 heterocycles. The van der Waals surface area contributed by atoms with Crippen LogP contribution >= 0.6 is 0 Å². The third kappa shape index (κ3) is 5.23. The van der Waals surface area contributed by atoms with E-state index in [1.165, 1.54) is 5.56 Å². The molecule has 1 N–H and O–H groups in total. The number of ether oxygens (including phenoxy) is 1. The van der Waals surface area contributed by atoms with E-state index in [9.17, 15) is 0 Å². The van der Waals surface area contributed by atoms with Crippen LogP contribution in [0.1, 0.15) is 32.4 Å². The van der Waals surface area contributed by atoms with Gasteiger partial charge in [-0.25, -0.2) is 0 Å². The standard InChI is InChI=1S/C17H30N2O/c1-14(2)13-19(11-12-20-5)15(3)17(18-4)16-9-7-6-8-10-16/h6-10,14-15,17-18H,11-13H2,1-5H3. The van der Waals surface area contributed by atoms with Crippen LogP contribution in [-0.4, -0.2) is 44.8 Å². The van der Waals surface area contributed by atoms with Crippen LogP contribution in [0, 0.1) is 5.92 Å². The Balaban J connectivity index is 2.81. The second-order valence-electron chi connectivity index (χ2n) is 5.80. The van der Waals surface area contributed by atoms with E-state index >= 15 is 0 Å². The molecule has 0 bridgehead atoms. The Kier molecular flexibility index (Phi) is 7.82. The molecule has 0 fully saturated rings. The zero-order valence-electron chi connectivity index (χ0n) is 13.6. The monoisotopic (exact) mass is 278 g/mol. The number of nitrogens with zero attached hydrogens (tertiary/aromatic N) is 1. The van der Waals surface area contributed by atoms with Crippen molar-refractivity contribution >= 4 is 0 Å². The molecule has 0 saturated carbocycles. The molecule has 0 radical (unpaired) electrons. The van der Waals surface area contributed by atoms with Gasteiger partial charge in [0.25, 0.3) is 0 Å². The predicted octanol–water partition coefficient (Wildman–Crippen LogP) is 2.94. The molecular weight excluding hydrogens is 248 g/mol. The zero-order chi connectivity index (χ0) is 15.0. The zero-order valence-corrected chi connectivity index (χ0v) is 13.6. The Labute approximate surface area is 124 Å². The lowest BCUT2D eigenvalue weighted by Crippen LogP contribution is -2.45. The Morgan fingerprint density at radius 1 is 1.15 bits per heavy atom. The van der Waals surface area contributed by atoms with Crippen molar-refractivity contribution in [1.29, 1.82) is 0 Å². The molecule has 0 aliphatic carbocycles. The first kappa shape index (κ1) is 17.2. The molecule has 0 aromatic heterocycles. The first-order valence-corrected chi connectivity index (χ1v) is 7.55. The quantitative estimate of drug-likeness (QED) is 0.751. The highest BCUT2D eigenvalue weighted by Gasteiger charge is 2.23. The normalized spacial score (nSPS) is 14.8. The van der Waals surface area contributed by atoms with E-state index in [0.717, 1.165) is 19.7 Å². The molecule has 0 aliphatic heterocycles. The summed E-state index contributed by atoms with van der Waals surface area (Å²) < 4.78 is 5.26. The first-order chi connectivity index (χ1) is 9.60. The van der Waals surface area contributed by atoms with Gasteiger partial charge in [0.1, 0.15) is 0 Å².